The quantitative estimate of drug-likeness (QED) is 0.840. The van der Waals surface area contributed by atoms with Gasteiger partial charge in [0.2, 0.25) is 5.91 Å². The average Bonchev–Trinajstić information content (AvgIpc) is 2.96. The fourth-order valence-corrected chi connectivity index (χ4v) is 2.64. The van der Waals surface area contributed by atoms with Crippen molar-refractivity contribution >= 4 is 11.6 Å². The molecule has 2 atom stereocenters. The van der Waals surface area contributed by atoms with Crippen LogP contribution in [-0.4, -0.2) is 48.3 Å². The molecule has 1 saturated heterocycles. The Balaban J connectivity index is 1.94. The first-order valence-electron chi connectivity index (χ1n) is 7.51. The van der Waals surface area contributed by atoms with Gasteiger partial charge in [-0.1, -0.05) is 6.92 Å². The van der Waals surface area contributed by atoms with Crippen molar-refractivity contribution < 1.29 is 14.6 Å². The van der Waals surface area contributed by atoms with Crippen molar-refractivity contribution in [3.05, 3.63) is 24.3 Å². The normalized spacial score (nSPS) is 20.2. The lowest BCUT2D eigenvalue weighted by molar-refractivity contribution is -0.120. The molecule has 116 valence electrons. The Kier molecular flexibility index (Phi) is 5.59. The van der Waals surface area contributed by atoms with Crippen LogP contribution in [0, 0.1) is 0 Å². The van der Waals surface area contributed by atoms with Crippen molar-refractivity contribution in [3.63, 3.8) is 0 Å². The van der Waals surface area contributed by atoms with E-state index in [1.54, 1.807) is 7.11 Å². The van der Waals surface area contributed by atoms with E-state index in [1.807, 2.05) is 31.2 Å². The number of rotatable bonds is 6. The molecule has 1 aliphatic rings. The number of amides is 1. The average molecular weight is 292 g/mol. The lowest BCUT2D eigenvalue weighted by atomic mass is 10.2. The van der Waals surface area contributed by atoms with Gasteiger partial charge < -0.3 is 15.2 Å². The second-order valence-corrected chi connectivity index (χ2v) is 5.43. The summed E-state index contributed by atoms with van der Waals surface area (Å²) in [5.41, 5.74) is 0.767. The maximum absolute atomic E-state index is 12.4. The Hall–Kier alpha value is -1.59. The monoisotopic (exact) mass is 292 g/mol. The Labute approximate surface area is 125 Å². The van der Waals surface area contributed by atoms with E-state index < -0.39 is 0 Å². The van der Waals surface area contributed by atoms with Crippen molar-refractivity contribution in [2.24, 2.45) is 0 Å². The van der Waals surface area contributed by atoms with Crippen molar-refractivity contribution in [3.8, 4) is 5.75 Å². The van der Waals surface area contributed by atoms with Crippen LogP contribution >= 0.6 is 0 Å². The van der Waals surface area contributed by atoms with E-state index in [0.29, 0.717) is 13.0 Å². The van der Waals surface area contributed by atoms with Gasteiger partial charge in [0.25, 0.3) is 0 Å². The number of hydrogen-bond acceptors (Lipinski definition) is 4. The number of hydrogen-bond donors (Lipinski definition) is 2. The van der Waals surface area contributed by atoms with E-state index >= 15 is 0 Å². The second kappa shape index (κ2) is 7.43. The Morgan fingerprint density at radius 3 is 2.81 bits per heavy atom. The van der Waals surface area contributed by atoms with Gasteiger partial charge in [-0.2, -0.15) is 0 Å². The lowest BCUT2D eigenvalue weighted by Gasteiger charge is -2.25. The molecule has 0 spiro atoms. The van der Waals surface area contributed by atoms with E-state index in [4.69, 9.17) is 4.74 Å². The molecule has 2 N–H and O–H groups in total. The highest BCUT2D eigenvalue weighted by Gasteiger charge is 2.31. The molecule has 2 rings (SSSR count). The zero-order valence-corrected chi connectivity index (χ0v) is 12.7. The van der Waals surface area contributed by atoms with Crippen molar-refractivity contribution in [1.82, 2.24) is 4.90 Å². The predicted octanol–water partition coefficient (Wildman–Crippen LogP) is 1.87. The van der Waals surface area contributed by atoms with Crippen LogP contribution in [0.25, 0.3) is 0 Å². The maximum Gasteiger partial charge on any atom is 0.241 e. The number of carbonyl (C=O) groups is 1. The number of carbonyl (C=O) groups excluding carboxylic acids is 1. The maximum atomic E-state index is 12.4. The summed E-state index contributed by atoms with van der Waals surface area (Å²) in [6.07, 6.45) is 2.19. The molecule has 0 aromatic heterocycles. The van der Waals surface area contributed by atoms with Crippen LogP contribution in [0.5, 0.6) is 5.75 Å². The van der Waals surface area contributed by atoms with Gasteiger partial charge in [0, 0.05) is 12.2 Å². The van der Waals surface area contributed by atoms with Gasteiger partial charge in [0.1, 0.15) is 5.75 Å². The minimum atomic E-state index is -0.362. The summed E-state index contributed by atoms with van der Waals surface area (Å²) < 4.78 is 5.10. The van der Waals surface area contributed by atoms with Gasteiger partial charge in [-0.15, -0.1) is 0 Å². The van der Waals surface area contributed by atoms with E-state index in [-0.39, 0.29) is 18.1 Å². The fourth-order valence-electron chi connectivity index (χ4n) is 2.64. The number of nitrogens with zero attached hydrogens (tertiary/aromatic N) is 1. The topological polar surface area (TPSA) is 61.8 Å². The molecule has 1 aromatic rings. The number of nitrogens with one attached hydrogen (secondary N) is 1. The van der Waals surface area contributed by atoms with E-state index in [1.165, 1.54) is 0 Å². The molecular weight excluding hydrogens is 268 g/mol. The molecule has 1 fully saturated rings. The van der Waals surface area contributed by atoms with Crippen molar-refractivity contribution in [1.29, 1.82) is 0 Å². The molecule has 5 nitrogen and oxygen atoms in total. The highest BCUT2D eigenvalue weighted by molar-refractivity contribution is 5.95. The largest absolute Gasteiger partial charge is 0.497 e. The minimum absolute atomic E-state index is 0.000898. The number of likely N-dealkylation sites (tertiary alicyclic amines) is 1. The first-order valence-corrected chi connectivity index (χ1v) is 7.51. The van der Waals surface area contributed by atoms with Crippen LogP contribution in [0.1, 0.15) is 26.2 Å². The molecule has 0 bridgehead atoms. The van der Waals surface area contributed by atoms with Crippen molar-refractivity contribution in [2.45, 2.75) is 38.3 Å². The molecule has 0 saturated carbocycles. The van der Waals surface area contributed by atoms with Crippen LogP contribution in [0.3, 0.4) is 0 Å². The second-order valence-electron chi connectivity index (χ2n) is 5.43. The van der Waals surface area contributed by atoms with Gasteiger partial charge in [0.05, 0.1) is 19.3 Å². The number of β-amino-alcohol motifs (C(OH)–C–C–N with tert-alkyl or cyclic N) is 1. The van der Waals surface area contributed by atoms with Crippen LogP contribution < -0.4 is 10.1 Å². The zero-order valence-electron chi connectivity index (χ0n) is 12.7. The summed E-state index contributed by atoms with van der Waals surface area (Å²) in [6, 6.07) is 7.16. The highest BCUT2D eigenvalue weighted by Crippen LogP contribution is 2.21. The zero-order chi connectivity index (χ0) is 15.2. The number of aliphatic hydroxyl groups is 1. The van der Waals surface area contributed by atoms with Crippen LogP contribution in [0.4, 0.5) is 5.69 Å². The van der Waals surface area contributed by atoms with Gasteiger partial charge in [-0.05, 0) is 50.1 Å². The molecule has 2 unspecified atom stereocenters. The first-order chi connectivity index (χ1) is 10.1. The number of ether oxygens (including phenoxy) is 1. The summed E-state index contributed by atoms with van der Waals surface area (Å²) in [7, 11) is 1.61. The molecule has 1 amide bonds. The van der Waals surface area contributed by atoms with Gasteiger partial charge >= 0.3 is 0 Å². The number of anilines is 1. The SMILES string of the molecule is CCC(O)CN1CCCC1C(=O)Nc1ccc(OC)cc1. The summed E-state index contributed by atoms with van der Waals surface area (Å²) in [5, 5.41) is 12.7. The number of methoxy groups -OCH3 is 1. The highest BCUT2D eigenvalue weighted by atomic mass is 16.5. The summed E-state index contributed by atoms with van der Waals surface area (Å²) in [6.45, 7) is 3.39. The Morgan fingerprint density at radius 2 is 2.19 bits per heavy atom. The number of benzene rings is 1. The molecule has 1 aromatic carbocycles. The fraction of sp³-hybridized carbons (Fsp3) is 0.562. The molecule has 5 heteroatoms. The molecule has 0 aliphatic carbocycles. The molecule has 1 heterocycles. The number of aliphatic hydroxyl groups excluding tert-OH is 1. The van der Waals surface area contributed by atoms with Crippen molar-refractivity contribution in [2.75, 3.05) is 25.5 Å². The Morgan fingerprint density at radius 1 is 1.48 bits per heavy atom. The van der Waals surface area contributed by atoms with E-state index in [9.17, 15) is 9.90 Å². The minimum Gasteiger partial charge on any atom is -0.497 e. The molecule has 1 aliphatic heterocycles. The van der Waals surface area contributed by atoms with Gasteiger partial charge in [0.15, 0.2) is 0 Å². The van der Waals surface area contributed by atoms with Gasteiger partial charge in [-0.3, -0.25) is 9.69 Å². The summed E-state index contributed by atoms with van der Waals surface area (Å²) in [5.74, 6) is 0.766. The lowest BCUT2D eigenvalue weighted by Crippen LogP contribution is -2.43. The molecular formula is C16H24N2O3. The standard InChI is InChI=1S/C16H24N2O3/c1-3-13(19)11-18-10-4-5-15(18)16(20)17-12-6-8-14(21-2)9-7-12/h6-9,13,15,19H,3-5,10-11H2,1-2H3,(H,17,20). The van der Waals surface area contributed by atoms with E-state index in [0.717, 1.165) is 30.8 Å². The summed E-state index contributed by atoms with van der Waals surface area (Å²) in [4.78, 5) is 14.5. The smallest absolute Gasteiger partial charge is 0.241 e. The predicted molar refractivity (Wildman–Crippen MR) is 82.5 cm³/mol. The van der Waals surface area contributed by atoms with Crippen LogP contribution in [0.2, 0.25) is 0 Å². The summed E-state index contributed by atoms with van der Waals surface area (Å²) >= 11 is 0. The molecule has 21 heavy (non-hydrogen) atoms. The first kappa shape index (κ1) is 15.8. The molecule has 0 radical (unpaired) electrons. The third-order valence-electron chi connectivity index (χ3n) is 3.94. The van der Waals surface area contributed by atoms with Gasteiger partial charge in [-0.25, -0.2) is 0 Å². The Bertz CT molecular complexity index is 461. The van der Waals surface area contributed by atoms with E-state index in [2.05, 4.69) is 10.2 Å². The van der Waals surface area contributed by atoms with Crippen LogP contribution in [-0.2, 0) is 4.79 Å². The third kappa shape index (κ3) is 4.19. The third-order valence-corrected chi connectivity index (χ3v) is 3.94. The van der Waals surface area contributed by atoms with Crippen LogP contribution in [0.15, 0.2) is 24.3 Å².